The predicted octanol–water partition coefficient (Wildman–Crippen LogP) is 7.06. The van der Waals surface area contributed by atoms with Crippen LogP contribution in [0.25, 0.3) is 0 Å². The van der Waals surface area contributed by atoms with Crippen LogP contribution < -0.4 is 10.5 Å². The Morgan fingerprint density at radius 2 is 1.32 bits per heavy atom. The van der Waals surface area contributed by atoms with Crippen molar-refractivity contribution in [2.75, 3.05) is 0 Å². The zero-order valence-electron chi connectivity index (χ0n) is 16.6. The third-order valence-corrected chi connectivity index (χ3v) is 4.89. The van der Waals surface area contributed by atoms with Crippen LogP contribution in [0.5, 0.6) is 5.75 Å². The van der Waals surface area contributed by atoms with Crippen molar-refractivity contribution in [2.45, 2.75) is 103 Å². The van der Waals surface area contributed by atoms with Crippen molar-refractivity contribution in [3.63, 3.8) is 0 Å². The zero-order valence-corrected chi connectivity index (χ0v) is 18.3. The summed E-state index contributed by atoms with van der Waals surface area (Å²) in [5.74, 6) is 0.904. The maximum absolute atomic E-state index is 6.38. The molecule has 0 heterocycles. The third kappa shape index (κ3) is 11.6. The van der Waals surface area contributed by atoms with E-state index in [1.807, 2.05) is 30.3 Å². The number of benzene rings is 1. The van der Waals surface area contributed by atoms with Crippen molar-refractivity contribution in [3.8, 4) is 5.75 Å². The molecular formula is C22H40BrNO. The SMILES string of the molecule is Br.CCCCCCCCCCCCC(N)C(C)(C)Oc1ccccc1. The number of hydrogen-bond donors (Lipinski definition) is 1. The fourth-order valence-electron chi connectivity index (χ4n) is 3.07. The van der Waals surface area contributed by atoms with Gasteiger partial charge in [-0.25, -0.2) is 0 Å². The minimum Gasteiger partial charge on any atom is -0.486 e. The van der Waals surface area contributed by atoms with Crippen LogP contribution in [-0.4, -0.2) is 11.6 Å². The molecule has 1 aromatic carbocycles. The highest BCUT2D eigenvalue weighted by molar-refractivity contribution is 8.93. The fourth-order valence-corrected chi connectivity index (χ4v) is 3.07. The molecule has 1 aromatic rings. The molecule has 2 N–H and O–H groups in total. The number of halogens is 1. The Kier molecular flexibility index (Phi) is 14.3. The molecule has 1 atom stereocenters. The summed E-state index contributed by atoms with van der Waals surface area (Å²) in [7, 11) is 0. The van der Waals surface area contributed by atoms with Crippen molar-refractivity contribution < 1.29 is 4.74 Å². The zero-order chi connectivity index (χ0) is 17.7. The highest BCUT2D eigenvalue weighted by atomic mass is 79.9. The quantitative estimate of drug-likeness (QED) is 0.331. The van der Waals surface area contributed by atoms with Crippen LogP contribution in [0.3, 0.4) is 0 Å². The third-order valence-electron chi connectivity index (χ3n) is 4.89. The monoisotopic (exact) mass is 413 g/mol. The summed E-state index contributed by atoms with van der Waals surface area (Å²) in [4.78, 5) is 0. The van der Waals surface area contributed by atoms with Gasteiger partial charge in [-0.2, -0.15) is 0 Å². The van der Waals surface area contributed by atoms with Crippen molar-refractivity contribution in [2.24, 2.45) is 5.73 Å². The molecule has 0 aliphatic carbocycles. The second kappa shape index (κ2) is 14.6. The first-order valence-corrected chi connectivity index (χ1v) is 10.1. The average Bonchev–Trinajstić information content (AvgIpc) is 2.57. The molecule has 0 aliphatic heterocycles. The normalized spacial score (nSPS) is 12.5. The predicted molar refractivity (Wildman–Crippen MR) is 116 cm³/mol. The lowest BCUT2D eigenvalue weighted by atomic mass is 9.93. The molecule has 0 bridgehead atoms. The molecule has 1 unspecified atom stereocenters. The largest absolute Gasteiger partial charge is 0.486 e. The highest BCUT2D eigenvalue weighted by Crippen LogP contribution is 2.23. The number of unbranched alkanes of at least 4 members (excludes halogenated alkanes) is 9. The first-order chi connectivity index (χ1) is 11.6. The highest BCUT2D eigenvalue weighted by Gasteiger charge is 2.28. The summed E-state index contributed by atoms with van der Waals surface area (Å²) in [6.45, 7) is 6.47. The molecule has 0 saturated heterocycles. The first kappa shape index (κ1) is 24.5. The Bertz CT molecular complexity index is 408. The van der Waals surface area contributed by atoms with Gasteiger partial charge in [-0.1, -0.05) is 89.3 Å². The molecule has 0 saturated carbocycles. The Morgan fingerprint density at radius 1 is 0.840 bits per heavy atom. The van der Waals surface area contributed by atoms with E-state index in [2.05, 4.69) is 20.8 Å². The van der Waals surface area contributed by atoms with Gasteiger partial charge < -0.3 is 10.5 Å². The lowest BCUT2D eigenvalue weighted by Gasteiger charge is -2.32. The number of nitrogens with two attached hydrogens (primary N) is 1. The van der Waals surface area contributed by atoms with E-state index in [1.54, 1.807) is 0 Å². The molecule has 25 heavy (non-hydrogen) atoms. The van der Waals surface area contributed by atoms with E-state index in [0.29, 0.717) is 0 Å². The summed E-state index contributed by atoms with van der Waals surface area (Å²) in [6, 6.07) is 10.1. The van der Waals surface area contributed by atoms with Crippen LogP contribution in [0.1, 0.15) is 91.4 Å². The second-order valence-corrected chi connectivity index (χ2v) is 7.60. The summed E-state index contributed by atoms with van der Waals surface area (Å²) in [5, 5.41) is 0. The summed E-state index contributed by atoms with van der Waals surface area (Å²) >= 11 is 0. The van der Waals surface area contributed by atoms with Gasteiger partial charge in [0.25, 0.3) is 0 Å². The van der Waals surface area contributed by atoms with Gasteiger partial charge in [-0.15, -0.1) is 17.0 Å². The molecule has 0 amide bonds. The standard InChI is InChI=1S/C22H39NO.BrH/c1-4-5-6-7-8-9-10-11-12-16-19-21(23)22(2,3)24-20-17-14-13-15-18-20;/h13-15,17-18,21H,4-12,16,19,23H2,1-3H3;1H. The number of hydrogen-bond acceptors (Lipinski definition) is 2. The Morgan fingerprint density at radius 3 is 1.84 bits per heavy atom. The molecular weight excluding hydrogens is 374 g/mol. The van der Waals surface area contributed by atoms with Gasteiger partial charge in [0.1, 0.15) is 11.4 Å². The van der Waals surface area contributed by atoms with Crippen LogP contribution in [0.15, 0.2) is 30.3 Å². The minimum absolute atomic E-state index is 0. The number of para-hydroxylation sites is 1. The molecule has 0 spiro atoms. The molecule has 146 valence electrons. The Balaban J connectivity index is 0.00000576. The Labute approximate surface area is 166 Å². The van der Waals surface area contributed by atoms with E-state index < -0.39 is 0 Å². The van der Waals surface area contributed by atoms with Gasteiger partial charge in [-0.05, 0) is 32.4 Å². The molecule has 0 radical (unpaired) electrons. The van der Waals surface area contributed by atoms with Gasteiger partial charge in [0, 0.05) is 6.04 Å². The van der Waals surface area contributed by atoms with Crippen LogP contribution in [-0.2, 0) is 0 Å². The lowest BCUT2D eigenvalue weighted by molar-refractivity contribution is 0.0752. The topological polar surface area (TPSA) is 35.2 Å². The van der Waals surface area contributed by atoms with Crippen molar-refractivity contribution >= 4 is 17.0 Å². The Hall–Kier alpha value is -0.540. The molecule has 1 rings (SSSR count). The van der Waals surface area contributed by atoms with E-state index in [0.717, 1.165) is 12.2 Å². The van der Waals surface area contributed by atoms with E-state index in [-0.39, 0.29) is 28.6 Å². The van der Waals surface area contributed by atoms with E-state index >= 15 is 0 Å². The second-order valence-electron chi connectivity index (χ2n) is 7.60. The van der Waals surface area contributed by atoms with E-state index in [1.165, 1.54) is 64.2 Å². The van der Waals surface area contributed by atoms with Crippen molar-refractivity contribution in [1.82, 2.24) is 0 Å². The van der Waals surface area contributed by atoms with Gasteiger partial charge in [0.05, 0.1) is 0 Å². The fraction of sp³-hybridized carbons (Fsp3) is 0.727. The summed E-state index contributed by atoms with van der Waals surface area (Å²) in [5.41, 5.74) is 6.06. The molecule has 0 aromatic heterocycles. The molecule has 0 aliphatic rings. The van der Waals surface area contributed by atoms with Crippen LogP contribution in [0.2, 0.25) is 0 Å². The summed E-state index contributed by atoms with van der Waals surface area (Å²) < 4.78 is 6.08. The average molecular weight is 414 g/mol. The van der Waals surface area contributed by atoms with Crippen LogP contribution in [0.4, 0.5) is 0 Å². The smallest absolute Gasteiger partial charge is 0.120 e. The number of ether oxygens (including phenoxy) is 1. The molecule has 2 nitrogen and oxygen atoms in total. The van der Waals surface area contributed by atoms with Gasteiger partial charge in [0.15, 0.2) is 0 Å². The lowest BCUT2D eigenvalue weighted by Crippen LogP contribution is -2.47. The number of rotatable bonds is 14. The van der Waals surface area contributed by atoms with Crippen molar-refractivity contribution in [1.29, 1.82) is 0 Å². The van der Waals surface area contributed by atoms with E-state index in [9.17, 15) is 0 Å². The van der Waals surface area contributed by atoms with Crippen LogP contribution in [0, 0.1) is 0 Å². The minimum atomic E-state index is -0.319. The van der Waals surface area contributed by atoms with Gasteiger partial charge >= 0.3 is 0 Å². The first-order valence-electron chi connectivity index (χ1n) is 10.1. The molecule has 3 heteroatoms. The van der Waals surface area contributed by atoms with Crippen molar-refractivity contribution in [3.05, 3.63) is 30.3 Å². The maximum atomic E-state index is 6.38. The van der Waals surface area contributed by atoms with Gasteiger partial charge in [0.2, 0.25) is 0 Å². The van der Waals surface area contributed by atoms with Crippen LogP contribution >= 0.6 is 17.0 Å². The van der Waals surface area contributed by atoms with Gasteiger partial charge in [-0.3, -0.25) is 0 Å². The maximum Gasteiger partial charge on any atom is 0.120 e. The molecule has 0 fully saturated rings. The van der Waals surface area contributed by atoms with E-state index in [4.69, 9.17) is 10.5 Å². The summed E-state index contributed by atoms with van der Waals surface area (Å²) in [6.07, 6.45) is 14.7.